The van der Waals surface area contributed by atoms with Crippen molar-refractivity contribution in [1.82, 2.24) is 9.88 Å². The number of hydrogen-bond acceptors (Lipinski definition) is 3. The van der Waals surface area contributed by atoms with E-state index >= 15 is 0 Å². The van der Waals surface area contributed by atoms with Crippen LogP contribution in [0.15, 0.2) is 18.3 Å². The Morgan fingerprint density at radius 2 is 1.95 bits per heavy atom. The zero-order chi connectivity index (χ0) is 14.1. The minimum absolute atomic E-state index is 0.464. The Labute approximate surface area is 122 Å². The number of aromatic nitrogens is 1. The number of aryl methyl sites for hydroxylation is 1. The van der Waals surface area contributed by atoms with Gasteiger partial charge < -0.3 is 9.64 Å². The maximum absolute atomic E-state index is 6.26. The van der Waals surface area contributed by atoms with Crippen LogP contribution < -0.4 is 0 Å². The molecule has 1 unspecified atom stereocenters. The van der Waals surface area contributed by atoms with Crippen molar-refractivity contribution in [2.24, 2.45) is 11.8 Å². The summed E-state index contributed by atoms with van der Waals surface area (Å²) >= 11 is 0. The van der Waals surface area contributed by atoms with E-state index in [0.29, 0.717) is 18.8 Å². The van der Waals surface area contributed by atoms with E-state index in [2.05, 4.69) is 35.9 Å². The highest BCUT2D eigenvalue weighted by molar-refractivity contribution is 5.12. The molecule has 1 saturated carbocycles. The van der Waals surface area contributed by atoms with E-state index in [1.165, 1.54) is 31.5 Å². The van der Waals surface area contributed by atoms with Gasteiger partial charge in [-0.15, -0.1) is 0 Å². The minimum Gasteiger partial charge on any atom is -0.373 e. The Bertz CT molecular complexity index is 429. The largest absolute Gasteiger partial charge is 0.373 e. The Kier molecular flexibility index (Phi) is 4.08. The minimum atomic E-state index is 0.464. The summed E-state index contributed by atoms with van der Waals surface area (Å²) in [5.74, 6) is 1.46. The fourth-order valence-electron chi connectivity index (χ4n) is 3.68. The van der Waals surface area contributed by atoms with Gasteiger partial charge in [0.2, 0.25) is 0 Å². The smallest absolute Gasteiger partial charge is 0.0735 e. The Hall–Kier alpha value is -0.930. The monoisotopic (exact) mass is 274 g/mol. The number of ether oxygens (including phenoxy) is 1. The van der Waals surface area contributed by atoms with Crippen LogP contribution in [0.25, 0.3) is 0 Å². The maximum atomic E-state index is 6.26. The highest BCUT2D eigenvalue weighted by Crippen LogP contribution is 2.39. The molecule has 2 heterocycles. The zero-order valence-electron chi connectivity index (χ0n) is 12.9. The lowest BCUT2D eigenvalue weighted by molar-refractivity contribution is -0.0565. The summed E-state index contributed by atoms with van der Waals surface area (Å²) in [6, 6.07) is 4.86. The number of likely N-dealkylation sites (tertiary alicyclic amines) is 1. The fourth-order valence-corrected chi connectivity index (χ4v) is 3.68. The first-order chi connectivity index (χ1) is 9.63. The molecule has 1 aromatic rings. The summed E-state index contributed by atoms with van der Waals surface area (Å²) in [7, 11) is 0. The van der Waals surface area contributed by atoms with E-state index in [-0.39, 0.29) is 0 Å². The summed E-state index contributed by atoms with van der Waals surface area (Å²) in [5, 5.41) is 0. The van der Waals surface area contributed by atoms with Crippen molar-refractivity contribution in [2.75, 3.05) is 13.1 Å². The van der Waals surface area contributed by atoms with E-state index in [1.54, 1.807) is 0 Å². The predicted molar refractivity (Wildman–Crippen MR) is 80.5 cm³/mol. The number of fused-ring (bicyclic) bond motifs is 2. The van der Waals surface area contributed by atoms with Gasteiger partial charge >= 0.3 is 0 Å². The highest BCUT2D eigenvalue weighted by Gasteiger charge is 2.43. The van der Waals surface area contributed by atoms with Crippen LogP contribution in [0.4, 0.5) is 0 Å². The Balaban J connectivity index is 1.58. The second-order valence-corrected chi connectivity index (χ2v) is 6.73. The van der Waals surface area contributed by atoms with Gasteiger partial charge in [0.1, 0.15) is 0 Å². The molecule has 2 bridgehead atoms. The summed E-state index contributed by atoms with van der Waals surface area (Å²) in [4.78, 5) is 6.96. The van der Waals surface area contributed by atoms with Gasteiger partial charge in [0.25, 0.3) is 0 Å². The van der Waals surface area contributed by atoms with E-state index in [9.17, 15) is 0 Å². The highest BCUT2D eigenvalue weighted by atomic mass is 16.5. The average Bonchev–Trinajstić information content (AvgIpc) is 2.67. The van der Waals surface area contributed by atoms with E-state index in [0.717, 1.165) is 17.5 Å². The predicted octanol–water partition coefficient (Wildman–Crippen LogP) is 3.03. The third kappa shape index (κ3) is 2.89. The molecule has 0 aromatic carbocycles. The van der Waals surface area contributed by atoms with Crippen molar-refractivity contribution in [3.63, 3.8) is 0 Å². The van der Waals surface area contributed by atoms with Crippen molar-refractivity contribution in [3.05, 3.63) is 29.6 Å². The molecule has 1 aliphatic carbocycles. The van der Waals surface area contributed by atoms with Gasteiger partial charge in [-0.25, -0.2) is 0 Å². The summed E-state index contributed by atoms with van der Waals surface area (Å²) in [5.41, 5.74) is 2.26. The van der Waals surface area contributed by atoms with Crippen molar-refractivity contribution in [1.29, 1.82) is 0 Å². The molecular weight excluding hydrogens is 248 g/mol. The standard InChI is InChI=1S/C17H26N2O/c1-12(2)19-9-15-6-7-16(10-19)17(15)20-11-14-5-4-13(3)18-8-14/h4-5,8,12,15-17H,6-7,9-11H2,1-3H3/t15-,16+,17?. The van der Waals surface area contributed by atoms with Gasteiger partial charge in [0.05, 0.1) is 12.7 Å². The molecule has 0 amide bonds. The molecule has 3 nitrogen and oxygen atoms in total. The van der Waals surface area contributed by atoms with Gasteiger partial charge in [-0.3, -0.25) is 4.98 Å². The van der Waals surface area contributed by atoms with E-state index in [4.69, 9.17) is 4.74 Å². The van der Waals surface area contributed by atoms with E-state index in [1.807, 2.05) is 13.1 Å². The van der Waals surface area contributed by atoms with Crippen LogP contribution in [-0.2, 0) is 11.3 Å². The van der Waals surface area contributed by atoms with Gasteiger partial charge in [0, 0.05) is 31.0 Å². The van der Waals surface area contributed by atoms with Gasteiger partial charge in [0.15, 0.2) is 0 Å². The molecule has 3 atom stereocenters. The van der Waals surface area contributed by atoms with Crippen molar-refractivity contribution >= 4 is 0 Å². The number of hydrogen-bond donors (Lipinski definition) is 0. The van der Waals surface area contributed by atoms with Crippen LogP contribution >= 0.6 is 0 Å². The number of rotatable bonds is 4. The van der Waals surface area contributed by atoms with Gasteiger partial charge in [-0.05, 0) is 57.1 Å². The molecule has 3 heteroatoms. The van der Waals surface area contributed by atoms with Crippen molar-refractivity contribution in [2.45, 2.75) is 52.4 Å². The Morgan fingerprint density at radius 1 is 1.25 bits per heavy atom. The number of pyridine rings is 1. The van der Waals surface area contributed by atoms with Crippen molar-refractivity contribution in [3.8, 4) is 0 Å². The first-order valence-electron chi connectivity index (χ1n) is 7.90. The lowest BCUT2D eigenvalue weighted by Gasteiger charge is -2.39. The third-order valence-corrected chi connectivity index (χ3v) is 4.92. The lowest BCUT2D eigenvalue weighted by Crippen LogP contribution is -2.48. The summed E-state index contributed by atoms with van der Waals surface area (Å²) < 4.78 is 6.26. The maximum Gasteiger partial charge on any atom is 0.0735 e. The quantitative estimate of drug-likeness (QED) is 0.844. The molecule has 0 spiro atoms. The summed E-state index contributed by atoms with van der Waals surface area (Å²) in [6.07, 6.45) is 5.09. The fraction of sp³-hybridized carbons (Fsp3) is 0.706. The first kappa shape index (κ1) is 14.0. The molecule has 0 N–H and O–H groups in total. The first-order valence-corrected chi connectivity index (χ1v) is 7.90. The summed E-state index contributed by atoms with van der Waals surface area (Å²) in [6.45, 7) is 9.77. The number of piperidine rings is 1. The second kappa shape index (κ2) is 5.82. The molecule has 2 fully saturated rings. The zero-order valence-corrected chi connectivity index (χ0v) is 12.9. The van der Waals surface area contributed by atoms with Crippen molar-refractivity contribution < 1.29 is 4.74 Å². The molecule has 0 radical (unpaired) electrons. The number of nitrogens with zero attached hydrogens (tertiary/aromatic N) is 2. The molecule has 110 valence electrons. The SMILES string of the molecule is Cc1ccc(COC2[C@@H]3CC[C@H]2CN(C(C)C)C3)cn1. The third-order valence-electron chi connectivity index (χ3n) is 4.92. The molecule has 20 heavy (non-hydrogen) atoms. The normalized spacial score (nSPS) is 30.1. The van der Waals surface area contributed by atoms with E-state index < -0.39 is 0 Å². The topological polar surface area (TPSA) is 25.4 Å². The van der Waals surface area contributed by atoms with Crippen LogP contribution in [0, 0.1) is 18.8 Å². The van der Waals surface area contributed by atoms with Gasteiger partial charge in [-0.1, -0.05) is 6.07 Å². The van der Waals surface area contributed by atoms with Crippen LogP contribution in [0.3, 0.4) is 0 Å². The average molecular weight is 274 g/mol. The Morgan fingerprint density at radius 3 is 2.50 bits per heavy atom. The van der Waals surface area contributed by atoms with Crippen LogP contribution in [0.5, 0.6) is 0 Å². The molecular formula is C17H26N2O. The molecule has 1 aliphatic heterocycles. The van der Waals surface area contributed by atoms with Gasteiger partial charge in [-0.2, -0.15) is 0 Å². The molecule has 1 aromatic heterocycles. The van der Waals surface area contributed by atoms with Crippen LogP contribution in [0.2, 0.25) is 0 Å². The molecule has 3 rings (SSSR count). The molecule has 2 aliphatic rings. The van der Waals surface area contributed by atoms with Crippen LogP contribution in [0.1, 0.15) is 37.9 Å². The second-order valence-electron chi connectivity index (χ2n) is 6.73. The van der Waals surface area contributed by atoms with Crippen LogP contribution in [-0.4, -0.2) is 35.1 Å². The molecule has 1 saturated heterocycles. The lowest BCUT2D eigenvalue weighted by atomic mass is 9.94.